The first-order valence-electron chi connectivity index (χ1n) is 11.9. The van der Waals surface area contributed by atoms with Gasteiger partial charge in [0.05, 0.1) is 5.69 Å². The molecule has 1 N–H and O–H groups in total. The van der Waals surface area contributed by atoms with Gasteiger partial charge in [0, 0.05) is 49.8 Å². The van der Waals surface area contributed by atoms with Crippen LogP contribution in [0.1, 0.15) is 46.9 Å². The van der Waals surface area contributed by atoms with E-state index in [9.17, 15) is 4.79 Å². The standard InChI is InChI=1S/C28H33N3O3/c1-18-5-6-23(20(3)11-18)17-34-26-8-7-22(13-21(26)4)28-29-14-24-16-31(10-9-25(24)30-28)15-19(2)12-27(32)33/h5-8,11,13-14,19H,9-10,12,15-17H2,1-4H3,(H,32,33). The lowest BCUT2D eigenvalue weighted by molar-refractivity contribution is -0.138. The maximum absolute atomic E-state index is 10.9. The molecule has 0 fully saturated rings. The fourth-order valence-corrected chi connectivity index (χ4v) is 4.59. The first-order valence-corrected chi connectivity index (χ1v) is 11.9. The van der Waals surface area contributed by atoms with Gasteiger partial charge in [-0.15, -0.1) is 0 Å². The number of aryl methyl sites for hydroxylation is 3. The van der Waals surface area contributed by atoms with Gasteiger partial charge in [0.15, 0.2) is 5.82 Å². The van der Waals surface area contributed by atoms with Crippen LogP contribution in [0, 0.1) is 26.7 Å². The highest BCUT2D eigenvalue weighted by atomic mass is 16.5. The first-order chi connectivity index (χ1) is 16.3. The average Bonchev–Trinajstić information content (AvgIpc) is 2.78. The fraction of sp³-hybridized carbons (Fsp3) is 0.393. The zero-order valence-corrected chi connectivity index (χ0v) is 20.5. The molecule has 1 aliphatic heterocycles. The summed E-state index contributed by atoms with van der Waals surface area (Å²) in [5.74, 6) is 0.982. The van der Waals surface area contributed by atoms with Crippen LogP contribution in [0.25, 0.3) is 11.4 Å². The van der Waals surface area contributed by atoms with Crippen LogP contribution in [0.3, 0.4) is 0 Å². The molecule has 178 valence electrons. The lowest BCUT2D eigenvalue weighted by atomic mass is 10.0. The summed E-state index contributed by atoms with van der Waals surface area (Å²) in [7, 11) is 0. The Morgan fingerprint density at radius 3 is 2.71 bits per heavy atom. The molecule has 0 bridgehead atoms. The Morgan fingerprint density at radius 1 is 1.15 bits per heavy atom. The molecule has 2 aromatic carbocycles. The largest absolute Gasteiger partial charge is 0.489 e. The molecule has 6 heteroatoms. The molecule has 1 aliphatic rings. The Hall–Kier alpha value is -3.25. The molecule has 0 aliphatic carbocycles. The summed E-state index contributed by atoms with van der Waals surface area (Å²) in [5.41, 5.74) is 7.94. The van der Waals surface area contributed by atoms with Gasteiger partial charge in [-0.05, 0) is 61.6 Å². The minimum atomic E-state index is -0.741. The summed E-state index contributed by atoms with van der Waals surface area (Å²) in [4.78, 5) is 22.7. The smallest absolute Gasteiger partial charge is 0.303 e. The highest BCUT2D eigenvalue weighted by Crippen LogP contribution is 2.27. The molecular formula is C28H33N3O3. The number of aliphatic carboxylic acids is 1. The second-order valence-corrected chi connectivity index (χ2v) is 9.55. The highest BCUT2D eigenvalue weighted by Gasteiger charge is 2.21. The van der Waals surface area contributed by atoms with Gasteiger partial charge in [-0.1, -0.05) is 30.7 Å². The number of aromatic nitrogens is 2. The third-order valence-corrected chi connectivity index (χ3v) is 6.42. The van der Waals surface area contributed by atoms with E-state index in [0.29, 0.717) is 6.61 Å². The van der Waals surface area contributed by atoms with Gasteiger partial charge in [-0.2, -0.15) is 0 Å². The zero-order chi connectivity index (χ0) is 24.2. The van der Waals surface area contributed by atoms with Crippen LogP contribution in [0.4, 0.5) is 0 Å². The second-order valence-electron chi connectivity index (χ2n) is 9.55. The lowest BCUT2D eigenvalue weighted by Crippen LogP contribution is -2.35. The Morgan fingerprint density at radius 2 is 1.97 bits per heavy atom. The van der Waals surface area contributed by atoms with Crippen molar-refractivity contribution >= 4 is 5.97 Å². The number of hydrogen-bond donors (Lipinski definition) is 1. The number of carbonyl (C=O) groups is 1. The molecule has 0 amide bonds. The summed E-state index contributed by atoms with van der Waals surface area (Å²) < 4.78 is 6.11. The van der Waals surface area contributed by atoms with Crippen molar-refractivity contribution in [2.24, 2.45) is 5.92 Å². The third kappa shape index (κ3) is 5.81. The molecule has 0 radical (unpaired) electrons. The van der Waals surface area contributed by atoms with E-state index < -0.39 is 5.97 Å². The zero-order valence-electron chi connectivity index (χ0n) is 20.5. The molecule has 4 rings (SSSR count). The van der Waals surface area contributed by atoms with E-state index >= 15 is 0 Å². The molecule has 0 saturated carbocycles. The number of carboxylic acid groups (broad SMARTS) is 1. The van der Waals surface area contributed by atoms with E-state index in [1.54, 1.807) is 0 Å². The predicted octanol–water partition coefficient (Wildman–Crippen LogP) is 5.12. The van der Waals surface area contributed by atoms with Crippen molar-refractivity contribution in [3.63, 3.8) is 0 Å². The number of benzene rings is 2. The van der Waals surface area contributed by atoms with Gasteiger partial charge in [-0.25, -0.2) is 9.97 Å². The Bertz CT molecular complexity index is 1190. The van der Waals surface area contributed by atoms with E-state index in [2.05, 4.69) is 54.9 Å². The summed E-state index contributed by atoms with van der Waals surface area (Å²) in [6.07, 6.45) is 2.97. The van der Waals surface area contributed by atoms with E-state index in [4.69, 9.17) is 14.8 Å². The van der Waals surface area contributed by atoms with Crippen LogP contribution in [0.5, 0.6) is 5.75 Å². The topological polar surface area (TPSA) is 75.6 Å². The number of ether oxygens (including phenoxy) is 1. The number of carboxylic acids is 1. The molecule has 0 spiro atoms. The molecule has 2 heterocycles. The molecule has 1 atom stereocenters. The summed E-state index contributed by atoms with van der Waals surface area (Å²) in [6.45, 7) is 11.2. The van der Waals surface area contributed by atoms with Crippen molar-refractivity contribution < 1.29 is 14.6 Å². The number of rotatable bonds is 8. The van der Waals surface area contributed by atoms with Crippen LogP contribution in [0.15, 0.2) is 42.6 Å². The SMILES string of the molecule is Cc1ccc(COc2ccc(-c3ncc4c(n3)CCN(CC(C)CC(=O)O)C4)cc2C)c(C)c1. The molecular weight excluding hydrogens is 426 g/mol. The van der Waals surface area contributed by atoms with E-state index in [0.717, 1.165) is 60.0 Å². The van der Waals surface area contributed by atoms with Crippen LogP contribution >= 0.6 is 0 Å². The summed E-state index contributed by atoms with van der Waals surface area (Å²) >= 11 is 0. The molecule has 1 unspecified atom stereocenters. The normalized spacial score (nSPS) is 14.5. The number of nitrogens with zero attached hydrogens (tertiary/aromatic N) is 3. The monoisotopic (exact) mass is 459 g/mol. The van der Waals surface area contributed by atoms with Gasteiger partial charge < -0.3 is 9.84 Å². The van der Waals surface area contributed by atoms with Gasteiger partial charge in [0.2, 0.25) is 0 Å². The van der Waals surface area contributed by atoms with Crippen molar-refractivity contribution in [3.8, 4) is 17.1 Å². The van der Waals surface area contributed by atoms with Gasteiger partial charge in [-0.3, -0.25) is 9.69 Å². The quantitative estimate of drug-likeness (QED) is 0.504. The third-order valence-electron chi connectivity index (χ3n) is 6.42. The van der Waals surface area contributed by atoms with Crippen molar-refractivity contribution in [2.75, 3.05) is 13.1 Å². The van der Waals surface area contributed by atoms with E-state index in [1.165, 1.54) is 16.7 Å². The van der Waals surface area contributed by atoms with Crippen molar-refractivity contribution in [1.82, 2.24) is 14.9 Å². The van der Waals surface area contributed by atoms with Crippen LogP contribution < -0.4 is 4.74 Å². The minimum absolute atomic E-state index is 0.123. The second kappa shape index (κ2) is 10.3. The number of hydrogen-bond acceptors (Lipinski definition) is 5. The highest BCUT2D eigenvalue weighted by molar-refractivity contribution is 5.67. The minimum Gasteiger partial charge on any atom is -0.489 e. The van der Waals surface area contributed by atoms with Crippen LogP contribution in [-0.2, 0) is 24.4 Å². The van der Waals surface area contributed by atoms with Gasteiger partial charge in [0.25, 0.3) is 0 Å². The van der Waals surface area contributed by atoms with Gasteiger partial charge >= 0.3 is 5.97 Å². The van der Waals surface area contributed by atoms with Crippen LogP contribution in [0.2, 0.25) is 0 Å². The molecule has 0 saturated heterocycles. The predicted molar refractivity (Wildman–Crippen MR) is 133 cm³/mol. The van der Waals surface area contributed by atoms with Gasteiger partial charge in [0.1, 0.15) is 12.4 Å². The molecule has 34 heavy (non-hydrogen) atoms. The van der Waals surface area contributed by atoms with E-state index in [1.807, 2.05) is 25.3 Å². The molecule has 1 aromatic heterocycles. The maximum Gasteiger partial charge on any atom is 0.303 e. The first kappa shape index (κ1) is 23.9. The Balaban J connectivity index is 1.42. The molecule has 6 nitrogen and oxygen atoms in total. The number of fused-ring (bicyclic) bond motifs is 1. The van der Waals surface area contributed by atoms with Crippen LogP contribution in [-0.4, -0.2) is 39.0 Å². The average molecular weight is 460 g/mol. The molecule has 3 aromatic rings. The van der Waals surface area contributed by atoms with Crippen molar-refractivity contribution in [3.05, 3.63) is 76.1 Å². The van der Waals surface area contributed by atoms with Crippen molar-refractivity contribution in [1.29, 1.82) is 0 Å². The van der Waals surface area contributed by atoms with E-state index in [-0.39, 0.29) is 12.3 Å². The fourth-order valence-electron chi connectivity index (χ4n) is 4.59. The lowest BCUT2D eigenvalue weighted by Gasteiger charge is -2.29. The summed E-state index contributed by atoms with van der Waals surface area (Å²) in [6, 6.07) is 12.5. The Labute approximate surface area is 201 Å². The Kier molecular flexibility index (Phi) is 7.27. The maximum atomic E-state index is 10.9. The summed E-state index contributed by atoms with van der Waals surface area (Å²) in [5, 5.41) is 9.00. The van der Waals surface area contributed by atoms with Crippen molar-refractivity contribution in [2.45, 2.75) is 53.7 Å².